The molecule has 1 aliphatic heterocycles. The topological polar surface area (TPSA) is 129 Å². The van der Waals surface area contributed by atoms with Gasteiger partial charge in [-0.2, -0.15) is 0 Å². The van der Waals surface area contributed by atoms with Crippen molar-refractivity contribution in [2.24, 2.45) is 5.73 Å². The Balaban J connectivity index is 1.56. The fourth-order valence-corrected chi connectivity index (χ4v) is 4.77. The number of nitrogens with two attached hydrogens (primary N) is 1. The third-order valence-electron chi connectivity index (χ3n) is 5.57. The smallest absolute Gasteiger partial charge is 0.251 e. The molecule has 4 rings (SSSR count). The second-order valence-electron chi connectivity index (χ2n) is 8.62. The van der Waals surface area contributed by atoms with Gasteiger partial charge in [0.15, 0.2) is 0 Å². The van der Waals surface area contributed by atoms with Crippen LogP contribution in [0.25, 0.3) is 10.4 Å². The molecule has 8 nitrogen and oxygen atoms in total. The van der Waals surface area contributed by atoms with Crippen molar-refractivity contribution in [3.05, 3.63) is 65.1 Å². The fourth-order valence-electron chi connectivity index (χ4n) is 3.68. The number of carbonyl (C=O) groups is 2. The van der Waals surface area contributed by atoms with Crippen molar-refractivity contribution in [1.82, 2.24) is 15.6 Å². The van der Waals surface area contributed by atoms with Gasteiger partial charge in [0.05, 0.1) is 22.9 Å². The van der Waals surface area contributed by atoms with Crippen LogP contribution in [-0.4, -0.2) is 34.5 Å². The van der Waals surface area contributed by atoms with Gasteiger partial charge in [-0.3, -0.25) is 9.59 Å². The van der Waals surface area contributed by atoms with E-state index in [0.29, 0.717) is 39.9 Å². The Bertz CT molecular complexity index is 1240. The number of nitrogens with one attached hydrogen (secondary N) is 3. The van der Waals surface area contributed by atoms with Crippen LogP contribution in [0.15, 0.2) is 42.5 Å². The Morgan fingerprint density at radius 2 is 2.12 bits per heavy atom. The lowest BCUT2D eigenvalue weighted by Crippen LogP contribution is -2.35. The number of benzene rings is 1. The van der Waals surface area contributed by atoms with Crippen molar-refractivity contribution in [2.75, 3.05) is 11.9 Å². The minimum absolute atomic E-state index is 0.0192. The zero-order valence-corrected chi connectivity index (χ0v) is 19.6. The first-order valence-electron chi connectivity index (χ1n) is 10.8. The monoisotopic (exact) mass is 483 g/mol. The summed E-state index contributed by atoms with van der Waals surface area (Å²) in [6.07, 6.45) is 0.726. The van der Waals surface area contributed by atoms with Gasteiger partial charge in [-0.05, 0) is 50.1 Å². The molecular weight excluding hydrogens is 457 g/mol. The number of carbonyl (C=O) groups excluding carboxylic acids is 2. The number of hydrogen-bond acceptors (Lipinski definition) is 7. The molecule has 0 saturated carbocycles. The minimum atomic E-state index is -1.17. The number of nitrogens with zero attached hydrogens (tertiary/aromatic N) is 1. The molecule has 34 heavy (non-hydrogen) atoms. The van der Waals surface area contributed by atoms with Gasteiger partial charge < -0.3 is 26.8 Å². The largest absolute Gasteiger partial charge is 0.386 e. The summed E-state index contributed by atoms with van der Waals surface area (Å²) in [7, 11) is 0. The van der Waals surface area contributed by atoms with E-state index in [1.54, 1.807) is 38.1 Å². The molecule has 178 valence electrons. The summed E-state index contributed by atoms with van der Waals surface area (Å²) in [6, 6.07) is 11.2. The molecule has 0 spiro atoms. The van der Waals surface area contributed by atoms with Gasteiger partial charge >= 0.3 is 0 Å². The van der Waals surface area contributed by atoms with Crippen LogP contribution in [0.3, 0.4) is 0 Å². The average Bonchev–Trinajstić information content (AvgIpc) is 3.38. The van der Waals surface area contributed by atoms with Gasteiger partial charge in [0.1, 0.15) is 16.6 Å². The van der Waals surface area contributed by atoms with Crippen LogP contribution in [0, 0.1) is 5.82 Å². The number of thiophene rings is 1. The Morgan fingerprint density at radius 1 is 1.32 bits per heavy atom. The molecule has 3 heterocycles. The summed E-state index contributed by atoms with van der Waals surface area (Å²) in [5.74, 6) is -0.688. The molecular formula is C24H26FN5O3S. The van der Waals surface area contributed by atoms with Crippen LogP contribution >= 0.6 is 11.3 Å². The molecule has 0 aliphatic carbocycles. The van der Waals surface area contributed by atoms with Gasteiger partial charge in [-0.15, -0.1) is 11.3 Å². The first-order chi connectivity index (χ1) is 16.1. The maximum absolute atomic E-state index is 14.8. The zero-order chi connectivity index (χ0) is 24.5. The van der Waals surface area contributed by atoms with Crippen molar-refractivity contribution in [1.29, 1.82) is 0 Å². The summed E-state index contributed by atoms with van der Waals surface area (Å²) < 4.78 is 14.8. The molecule has 0 radical (unpaired) electrons. The van der Waals surface area contributed by atoms with Crippen LogP contribution in [0.2, 0.25) is 0 Å². The number of rotatable bonds is 8. The summed E-state index contributed by atoms with van der Waals surface area (Å²) in [4.78, 5) is 28.9. The van der Waals surface area contributed by atoms with Crippen molar-refractivity contribution in [3.63, 3.8) is 0 Å². The third kappa shape index (κ3) is 5.24. The van der Waals surface area contributed by atoms with Crippen molar-refractivity contribution in [2.45, 2.75) is 38.5 Å². The highest BCUT2D eigenvalue weighted by Gasteiger charge is 2.23. The predicted octanol–water partition coefficient (Wildman–Crippen LogP) is 3.00. The summed E-state index contributed by atoms with van der Waals surface area (Å²) in [5.41, 5.74) is 6.09. The summed E-state index contributed by atoms with van der Waals surface area (Å²) >= 11 is 1.18. The maximum atomic E-state index is 14.8. The highest BCUT2D eigenvalue weighted by molar-refractivity contribution is 7.19. The van der Waals surface area contributed by atoms with Crippen molar-refractivity contribution in [3.8, 4) is 10.4 Å². The summed E-state index contributed by atoms with van der Waals surface area (Å²) in [5, 5.41) is 19.7. The van der Waals surface area contributed by atoms with E-state index < -0.39 is 17.3 Å². The molecule has 1 fully saturated rings. The molecule has 1 atom stereocenters. The van der Waals surface area contributed by atoms with E-state index >= 15 is 0 Å². The second-order valence-corrected chi connectivity index (χ2v) is 9.68. The van der Waals surface area contributed by atoms with Gasteiger partial charge in [-0.1, -0.05) is 18.2 Å². The second kappa shape index (κ2) is 9.49. The molecule has 2 aromatic heterocycles. The lowest BCUT2D eigenvalue weighted by Gasteiger charge is -2.18. The highest BCUT2D eigenvalue weighted by Crippen LogP contribution is 2.38. The molecule has 1 unspecified atom stereocenters. The van der Waals surface area contributed by atoms with E-state index in [9.17, 15) is 19.1 Å². The highest BCUT2D eigenvalue weighted by atomic mass is 32.1. The molecule has 1 aromatic carbocycles. The number of primary amides is 1. The number of aliphatic hydroxyl groups is 1. The van der Waals surface area contributed by atoms with Gasteiger partial charge in [0.2, 0.25) is 5.91 Å². The Morgan fingerprint density at radius 3 is 2.76 bits per heavy atom. The lowest BCUT2D eigenvalue weighted by atomic mass is 9.96. The lowest BCUT2D eigenvalue weighted by molar-refractivity contribution is -0.120. The normalized spacial score (nSPS) is 15.9. The number of halogens is 1. The molecule has 10 heteroatoms. The average molecular weight is 484 g/mol. The van der Waals surface area contributed by atoms with Crippen LogP contribution in [0.5, 0.6) is 0 Å². The van der Waals surface area contributed by atoms with E-state index in [-0.39, 0.29) is 17.5 Å². The van der Waals surface area contributed by atoms with Crippen molar-refractivity contribution < 1.29 is 19.1 Å². The molecule has 1 saturated heterocycles. The quantitative estimate of drug-likeness (QED) is 0.335. The maximum Gasteiger partial charge on any atom is 0.251 e. The van der Waals surface area contributed by atoms with Gasteiger partial charge in [-0.25, -0.2) is 9.37 Å². The summed E-state index contributed by atoms with van der Waals surface area (Å²) in [6.45, 7) is 4.23. The number of pyridine rings is 1. The number of anilines is 2. The Labute approximate surface area is 200 Å². The molecule has 0 bridgehead atoms. The first-order valence-corrected chi connectivity index (χ1v) is 11.6. The van der Waals surface area contributed by atoms with E-state index in [4.69, 9.17) is 5.73 Å². The van der Waals surface area contributed by atoms with E-state index in [2.05, 4.69) is 20.9 Å². The Hall–Kier alpha value is -3.34. The number of hydrogen-bond donors (Lipinski definition) is 5. The van der Waals surface area contributed by atoms with E-state index in [0.717, 1.165) is 12.1 Å². The molecule has 6 N–H and O–H groups in total. The first kappa shape index (κ1) is 23.8. The van der Waals surface area contributed by atoms with Crippen LogP contribution < -0.4 is 21.7 Å². The Kier molecular flexibility index (Phi) is 6.65. The molecule has 1 aliphatic rings. The fraction of sp³-hybridized carbons (Fsp3) is 0.292. The van der Waals surface area contributed by atoms with Crippen LogP contribution in [0.4, 0.5) is 15.2 Å². The van der Waals surface area contributed by atoms with Gasteiger partial charge in [0, 0.05) is 23.5 Å². The van der Waals surface area contributed by atoms with Gasteiger partial charge in [0.25, 0.3) is 5.91 Å². The zero-order valence-electron chi connectivity index (χ0n) is 18.8. The van der Waals surface area contributed by atoms with Crippen molar-refractivity contribution >= 4 is 34.0 Å². The molecule has 3 aromatic rings. The molecule has 2 amide bonds. The standard InChI is InChI=1S/C24H26FN5O3S/c1-24(2,33)13-6-7-15(17(25)10-13)19-11-16(21(26)31)23(34-19)30-20-5-3-4-14(29-20)12-28-18-8-9-27-22(18)32/h3-7,10-11,18,28,33H,8-9,12H2,1-2H3,(H2,26,31)(H,27,32)(H,29,30). The van der Waals surface area contributed by atoms with Crippen LogP contribution in [0.1, 0.15) is 41.9 Å². The van der Waals surface area contributed by atoms with Crippen LogP contribution in [-0.2, 0) is 16.9 Å². The number of amides is 2. The number of aromatic nitrogens is 1. The van der Waals surface area contributed by atoms with E-state index in [1.165, 1.54) is 17.4 Å². The van der Waals surface area contributed by atoms with E-state index in [1.807, 2.05) is 12.1 Å². The third-order valence-corrected chi connectivity index (χ3v) is 6.65. The predicted molar refractivity (Wildman–Crippen MR) is 129 cm³/mol. The SMILES string of the molecule is CC(C)(O)c1ccc(-c2cc(C(N)=O)c(Nc3cccc(CNC4CCNC4=O)n3)s2)c(F)c1. The minimum Gasteiger partial charge on any atom is -0.386 e.